The van der Waals surface area contributed by atoms with Gasteiger partial charge in [0.2, 0.25) is 11.8 Å². The highest BCUT2D eigenvalue weighted by Crippen LogP contribution is 2.24. The average Bonchev–Trinajstić information content (AvgIpc) is 2.78. The quantitative estimate of drug-likeness (QED) is 0.717. The highest BCUT2D eigenvalue weighted by Gasteiger charge is 2.35. The van der Waals surface area contributed by atoms with Crippen LogP contribution < -0.4 is 10.6 Å². The Kier molecular flexibility index (Phi) is 7.89. The van der Waals surface area contributed by atoms with Crippen molar-refractivity contribution in [1.82, 2.24) is 20.4 Å². The van der Waals surface area contributed by atoms with E-state index >= 15 is 0 Å². The summed E-state index contributed by atoms with van der Waals surface area (Å²) in [5.41, 5.74) is 0.530. The molecule has 0 aliphatic carbocycles. The number of hydrogen-bond acceptors (Lipinski definition) is 4. The molecule has 6 nitrogen and oxygen atoms in total. The molecule has 2 heterocycles. The van der Waals surface area contributed by atoms with Crippen LogP contribution in [-0.4, -0.2) is 73.0 Å². The number of benzene rings is 1. The number of carbonyl (C=O) groups excluding carboxylic acids is 2. The number of nitrogens with one attached hydrogen (secondary N) is 2. The molecular formula is C24H38N4O2. The van der Waals surface area contributed by atoms with Crippen molar-refractivity contribution in [2.45, 2.75) is 57.5 Å². The molecule has 3 rings (SSSR count). The molecule has 0 bridgehead atoms. The van der Waals surface area contributed by atoms with E-state index in [0.29, 0.717) is 6.04 Å². The topological polar surface area (TPSA) is 64.7 Å². The van der Waals surface area contributed by atoms with Crippen LogP contribution in [0.2, 0.25) is 0 Å². The average molecular weight is 415 g/mol. The van der Waals surface area contributed by atoms with Crippen molar-refractivity contribution in [1.29, 1.82) is 0 Å². The monoisotopic (exact) mass is 414 g/mol. The van der Waals surface area contributed by atoms with Gasteiger partial charge in [0.1, 0.15) is 5.54 Å². The van der Waals surface area contributed by atoms with E-state index in [9.17, 15) is 9.59 Å². The number of likely N-dealkylation sites (tertiary alicyclic amines) is 2. The van der Waals surface area contributed by atoms with Crippen molar-refractivity contribution in [2.75, 3.05) is 39.8 Å². The molecule has 166 valence electrons. The number of hydrogen-bond donors (Lipinski definition) is 2. The van der Waals surface area contributed by atoms with Crippen LogP contribution in [0.25, 0.3) is 0 Å². The number of amides is 2. The molecule has 2 amide bonds. The molecule has 0 spiro atoms. The molecule has 2 saturated heterocycles. The number of rotatable bonds is 7. The molecule has 1 aromatic rings. The van der Waals surface area contributed by atoms with Crippen molar-refractivity contribution in [3.63, 3.8) is 0 Å². The fourth-order valence-electron chi connectivity index (χ4n) is 4.77. The number of likely N-dealkylation sites (N-methyl/N-ethyl adjacent to an activating group) is 1. The van der Waals surface area contributed by atoms with Gasteiger partial charge in [-0.2, -0.15) is 0 Å². The minimum Gasteiger partial charge on any atom is -0.357 e. The number of carbonyl (C=O) groups is 2. The Balaban J connectivity index is 1.44. The van der Waals surface area contributed by atoms with E-state index in [1.54, 1.807) is 20.9 Å². The minimum absolute atomic E-state index is 0.00796. The molecule has 2 aliphatic rings. The highest BCUT2D eigenvalue weighted by atomic mass is 16.2. The molecule has 1 atom stereocenters. The summed E-state index contributed by atoms with van der Waals surface area (Å²) in [4.78, 5) is 29.9. The van der Waals surface area contributed by atoms with E-state index in [1.807, 2.05) is 0 Å². The van der Waals surface area contributed by atoms with Crippen LogP contribution in [0.5, 0.6) is 0 Å². The Bertz CT molecular complexity index is 698. The minimum atomic E-state index is -0.877. The summed E-state index contributed by atoms with van der Waals surface area (Å²) in [7, 11) is 1.60. The van der Waals surface area contributed by atoms with Crippen molar-refractivity contribution in [2.24, 2.45) is 5.92 Å². The van der Waals surface area contributed by atoms with E-state index in [0.717, 1.165) is 52.0 Å². The molecule has 0 radical (unpaired) electrons. The fraction of sp³-hybridized carbons (Fsp3) is 0.667. The summed E-state index contributed by atoms with van der Waals surface area (Å²) in [5, 5.41) is 5.58. The second-order valence-electron chi connectivity index (χ2n) is 9.34. The summed E-state index contributed by atoms with van der Waals surface area (Å²) in [6, 6.07) is 11.3. The maximum Gasteiger partial charge on any atom is 0.244 e. The van der Waals surface area contributed by atoms with Crippen LogP contribution in [0.1, 0.15) is 45.1 Å². The summed E-state index contributed by atoms with van der Waals surface area (Å²) in [5.74, 6) is -0.182. The van der Waals surface area contributed by atoms with Crippen LogP contribution in [0.3, 0.4) is 0 Å². The lowest BCUT2D eigenvalue weighted by Gasteiger charge is -2.42. The lowest BCUT2D eigenvalue weighted by Crippen LogP contribution is -2.57. The molecule has 30 heavy (non-hydrogen) atoms. The molecule has 6 heteroatoms. The third-order valence-corrected chi connectivity index (χ3v) is 6.69. The van der Waals surface area contributed by atoms with Gasteiger partial charge in [-0.25, -0.2) is 0 Å². The van der Waals surface area contributed by atoms with Gasteiger partial charge in [-0.1, -0.05) is 30.3 Å². The zero-order valence-electron chi connectivity index (χ0n) is 18.8. The SMILES string of the molecule is CNC(=O)C(C)(C)NC(=O)C1CCCN(C2CCN(CCc3ccccc3)CC2)C1. The van der Waals surface area contributed by atoms with Gasteiger partial charge in [0.25, 0.3) is 0 Å². The Hall–Kier alpha value is -1.92. The standard InChI is InChI=1S/C24H38N4O2/c1-24(2,23(30)25-3)26-22(29)20-10-7-14-28(18-20)21-12-16-27(17-13-21)15-11-19-8-5-4-6-9-19/h4-6,8-9,20-21H,7,10-18H2,1-3H3,(H,25,30)(H,26,29). The summed E-state index contributed by atoms with van der Waals surface area (Å²) >= 11 is 0. The second kappa shape index (κ2) is 10.4. The summed E-state index contributed by atoms with van der Waals surface area (Å²) in [6.07, 6.45) is 5.41. The zero-order chi connectivity index (χ0) is 21.6. The van der Waals surface area contributed by atoms with Crippen LogP contribution in [0.4, 0.5) is 0 Å². The van der Waals surface area contributed by atoms with Gasteiger partial charge in [-0.05, 0) is 71.1 Å². The van der Waals surface area contributed by atoms with Gasteiger partial charge in [0.05, 0.1) is 5.92 Å². The molecule has 2 N–H and O–H groups in total. The van der Waals surface area contributed by atoms with Gasteiger partial charge >= 0.3 is 0 Å². The molecule has 0 saturated carbocycles. The van der Waals surface area contributed by atoms with Gasteiger partial charge in [-0.3, -0.25) is 14.5 Å². The van der Waals surface area contributed by atoms with E-state index < -0.39 is 5.54 Å². The van der Waals surface area contributed by atoms with Crippen molar-refractivity contribution < 1.29 is 9.59 Å². The van der Waals surface area contributed by atoms with Crippen LogP contribution >= 0.6 is 0 Å². The number of piperidine rings is 2. The molecular weight excluding hydrogens is 376 g/mol. The Morgan fingerprint density at radius 2 is 1.77 bits per heavy atom. The largest absolute Gasteiger partial charge is 0.357 e. The Morgan fingerprint density at radius 3 is 2.43 bits per heavy atom. The van der Waals surface area contributed by atoms with Crippen LogP contribution in [-0.2, 0) is 16.0 Å². The first kappa shape index (κ1) is 22.8. The normalized spacial score (nSPS) is 21.9. The van der Waals surface area contributed by atoms with Crippen LogP contribution in [0, 0.1) is 5.92 Å². The van der Waals surface area contributed by atoms with E-state index in [4.69, 9.17) is 0 Å². The van der Waals surface area contributed by atoms with Gasteiger partial charge < -0.3 is 15.5 Å². The predicted molar refractivity (Wildman–Crippen MR) is 120 cm³/mol. The zero-order valence-corrected chi connectivity index (χ0v) is 18.8. The maximum absolute atomic E-state index is 12.8. The number of nitrogens with zero attached hydrogens (tertiary/aromatic N) is 2. The van der Waals surface area contributed by atoms with E-state index in [2.05, 4.69) is 50.8 Å². The maximum atomic E-state index is 12.8. The van der Waals surface area contributed by atoms with Crippen molar-refractivity contribution in [3.05, 3.63) is 35.9 Å². The van der Waals surface area contributed by atoms with E-state index in [-0.39, 0.29) is 17.7 Å². The lowest BCUT2D eigenvalue weighted by molar-refractivity contribution is -0.135. The highest BCUT2D eigenvalue weighted by molar-refractivity contribution is 5.91. The van der Waals surface area contributed by atoms with Gasteiger partial charge in [-0.15, -0.1) is 0 Å². The molecule has 1 aromatic carbocycles. The van der Waals surface area contributed by atoms with Crippen molar-refractivity contribution in [3.8, 4) is 0 Å². The first-order valence-electron chi connectivity index (χ1n) is 11.4. The summed E-state index contributed by atoms with van der Waals surface area (Å²) in [6.45, 7) is 8.80. The third-order valence-electron chi connectivity index (χ3n) is 6.69. The first-order valence-corrected chi connectivity index (χ1v) is 11.4. The third kappa shape index (κ3) is 6.05. The Morgan fingerprint density at radius 1 is 1.07 bits per heavy atom. The van der Waals surface area contributed by atoms with Gasteiger partial charge in [0, 0.05) is 26.2 Å². The second-order valence-corrected chi connectivity index (χ2v) is 9.34. The molecule has 2 fully saturated rings. The lowest BCUT2D eigenvalue weighted by atomic mass is 9.92. The molecule has 0 aromatic heterocycles. The van der Waals surface area contributed by atoms with Crippen molar-refractivity contribution >= 4 is 11.8 Å². The molecule has 2 aliphatic heterocycles. The van der Waals surface area contributed by atoms with E-state index in [1.165, 1.54) is 18.4 Å². The van der Waals surface area contributed by atoms with Gasteiger partial charge in [0.15, 0.2) is 0 Å². The first-order chi connectivity index (χ1) is 14.4. The van der Waals surface area contributed by atoms with Crippen LogP contribution in [0.15, 0.2) is 30.3 Å². The smallest absolute Gasteiger partial charge is 0.244 e. The predicted octanol–water partition coefficient (Wildman–Crippen LogP) is 2.05. The summed E-state index contributed by atoms with van der Waals surface area (Å²) < 4.78 is 0. The fourth-order valence-corrected chi connectivity index (χ4v) is 4.77. The molecule has 1 unspecified atom stereocenters. The Labute approximate surface area is 181 Å².